The van der Waals surface area contributed by atoms with Crippen LogP contribution < -0.4 is 9.64 Å². The van der Waals surface area contributed by atoms with Crippen molar-refractivity contribution in [3.63, 3.8) is 0 Å². The van der Waals surface area contributed by atoms with Gasteiger partial charge in [-0.25, -0.2) is 0 Å². The molecule has 0 unspecified atom stereocenters. The Balaban J connectivity index is 1.59. The van der Waals surface area contributed by atoms with Gasteiger partial charge in [-0.3, -0.25) is 9.59 Å². The fourth-order valence-electron chi connectivity index (χ4n) is 2.44. The number of Topliss-reactive ketones (excluding diaryl/α,β-unsaturated/α-hetero) is 1. The minimum Gasteiger partial charge on any atom is -0.494 e. The highest BCUT2D eigenvalue weighted by Crippen LogP contribution is 2.31. The fraction of sp³-hybridized carbons (Fsp3) is 0.176. The molecule has 6 heteroatoms. The summed E-state index contributed by atoms with van der Waals surface area (Å²) in [4.78, 5) is 25.6. The lowest BCUT2D eigenvalue weighted by Gasteiger charge is -2.16. The molecule has 118 valence electrons. The summed E-state index contributed by atoms with van der Waals surface area (Å²) < 4.78 is 7.42. The molecule has 2 aromatic carbocycles. The average Bonchev–Trinajstić information content (AvgIpc) is 2.77. The van der Waals surface area contributed by atoms with Crippen LogP contribution in [0.25, 0.3) is 0 Å². The topological polar surface area (TPSA) is 46.6 Å². The molecule has 1 amide bonds. The van der Waals surface area contributed by atoms with E-state index >= 15 is 0 Å². The van der Waals surface area contributed by atoms with Gasteiger partial charge in [0, 0.05) is 15.5 Å². The van der Waals surface area contributed by atoms with Crippen molar-refractivity contribution in [1.29, 1.82) is 0 Å². The summed E-state index contributed by atoms with van der Waals surface area (Å²) in [7, 11) is 0. The van der Waals surface area contributed by atoms with Gasteiger partial charge in [-0.2, -0.15) is 0 Å². The van der Waals surface area contributed by atoms with Gasteiger partial charge >= 0.3 is 0 Å². The number of halogens is 2. The Kier molecular flexibility index (Phi) is 4.82. The molecule has 0 spiro atoms. The Morgan fingerprint density at radius 2 is 1.65 bits per heavy atom. The molecule has 0 N–H and O–H groups in total. The summed E-state index contributed by atoms with van der Waals surface area (Å²) in [6.07, 6.45) is 0.643. The van der Waals surface area contributed by atoms with Crippen LogP contribution in [-0.4, -0.2) is 24.8 Å². The van der Waals surface area contributed by atoms with Crippen LogP contribution in [0.15, 0.2) is 51.4 Å². The summed E-state index contributed by atoms with van der Waals surface area (Å²) in [5.74, 6) is -0.141. The number of hydrogen-bond donors (Lipinski definition) is 0. The van der Waals surface area contributed by atoms with Crippen LogP contribution in [0.5, 0.6) is 5.75 Å². The maximum Gasteiger partial charge on any atom is 0.299 e. The van der Waals surface area contributed by atoms with Gasteiger partial charge in [0.05, 0.1) is 17.9 Å². The molecule has 0 saturated carbocycles. The standard InChI is InChI=1S/C17H13Br2NO3/c18-11-2-5-13(6-3-11)23-9-1-8-20-15-7-4-12(19)10-14(15)16(21)17(20)22/h2-7,10H,1,8-9H2. The summed E-state index contributed by atoms with van der Waals surface area (Å²) in [5, 5.41) is 0. The summed E-state index contributed by atoms with van der Waals surface area (Å²) in [6, 6.07) is 12.9. The van der Waals surface area contributed by atoms with E-state index in [4.69, 9.17) is 4.74 Å². The van der Waals surface area contributed by atoms with Crippen LogP contribution in [-0.2, 0) is 4.79 Å². The van der Waals surface area contributed by atoms with Crippen LogP contribution in [0, 0.1) is 0 Å². The minimum atomic E-state index is -0.471. The first-order valence-corrected chi connectivity index (χ1v) is 8.69. The van der Waals surface area contributed by atoms with Crippen molar-refractivity contribution in [3.05, 3.63) is 57.0 Å². The first-order chi connectivity index (χ1) is 11.1. The third-order valence-electron chi connectivity index (χ3n) is 3.54. The van der Waals surface area contributed by atoms with Crippen molar-refractivity contribution in [1.82, 2.24) is 0 Å². The highest BCUT2D eigenvalue weighted by Gasteiger charge is 2.35. The second kappa shape index (κ2) is 6.84. The predicted octanol–water partition coefficient (Wildman–Crippen LogP) is 4.21. The van der Waals surface area contributed by atoms with E-state index in [1.54, 1.807) is 12.1 Å². The SMILES string of the molecule is O=C1C(=O)N(CCCOc2ccc(Br)cc2)c2ccc(Br)cc21. The molecule has 1 aliphatic heterocycles. The van der Waals surface area contributed by atoms with Crippen molar-refractivity contribution in [3.8, 4) is 5.75 Å². The van der Waals surface area contributed by atoms with Gasteiger partial charge in [-0.1, -0.05) is 31.9 Å². The van der Waals surface area contributed by atoms with E-state index in [1.807, 2.05) is 30.3 Å². The molecule has 1 heterocycles. The average molecular weight is 439 g/mol. The molecule has 0 aromatic heterocycles. The van der Waals surface area contributed by atoms with E-state index in [0.29, 0.717) is 30.8 Å². The number of carbonyl (C=O) groups excluding carboxylic acids is 2. The Labute approximate surface area is 150 Å². The maximum atomic E-state index is 12.1. The number of hydrogen-bond acceptors (Lipinski definition) is 3. The first-order valence-electron chi connectivity index (χ1n) is 7.10. The number of amides is 1. The van der Waals surface area contributed by atoms with Crippen LogP contribution in [0.2, 0.25) is 0 Å². The minimum absolute atomic E-state index is 0.449. The number of ether oxygens (including phenoxy) is 1. The molecule has 1 aliphatic rings. The number of rotatable bonds is 5. The van der Waals surface area contributed by atoms with Crippen molar-refractivity contribution < 1.29 is 14.3 Å². The quantitative estimate of drug-likeness (QED) is 0.518. The monoisotopic (exact) mass is 437 g/mol. The van der Waals surface area contributed by atoms with E-state index in [0.717, 1.165) is 14.7 Å². The summed E-state index contributed by atoms with van der Waals surface area (Å²) in [5.41, 5.74) is 1.13. The Morgan fingerprint density at radius 1 is 0.957 bits per heavy atom. The van der Waals surface area contributed by atoms with Gasteiger partial charge < -0.3 is 9.64 Å². The van der Waals surface area contributed by atoms with E-state index in [2.05, 4.69) is 31.9 Å². The fourth-order valence-corrected chi connectivity index (χ4v) is 3.06. The van der Waals surface area contributed by atoms with E-state index in [1.165, 1.54) is 4.90 Å². The van der Waals surface area contributed by atoms with Crippen molar-refractivity contribution >= 4 is 49.2 Å². The van der Waals surface area contributed by atoms with Crippen LogP contribution in [0.3, 0.4) is 0 Å². The van der Waals surface area contributed by atoms with E-state index < -0.39 is 11.7 Å². The van der Waals surface area contributed by atoms with Gasteiger partial charge in [-0.15, -0.1) is 0 Å². The second-order valence-electron chi connectivity index (χ2n) is 5.10. The van der Waals surface area contributed by atoms with Gasteiger partial charge in [0.25, 0.3) is 11.7 Å². The molecule has 0 fully saturated rings. The maximum absolute atomic E-state index is 12.1. The number of benzene rings is 2. The predicted molar refractivity (Wildman–Crippen MR) is 95.1 cm³/mol. The van der Waals surface area contributed by atoms with Crippen molar-refractivity contribution in [2.24, 2.45) is 0 Å². The third kappa shape index (κ3) is 3.48. The third-order valence-corrected chi connectivity index (χ3v) is 4.56. The lowest BCUT2D eigenvalue weighted by atomic mass is 10.1. The molecular formula is C17H13Br2NO3. The Morgan fingerprint density at radius 3 is 2.39 bits per heavy atom. The number of anilines is 1. The molecule has 3 rings (SSSR count). The van der Waals surface area contributed by atoms with Crippen LogP contribution in [0.1, 0.15) is 16.8 Å². The van der Waals surface area contributed by atoms with Gasteiger partial charge in [0.15, 0.2) is 0 Å². The largest absolute Gasteiger partial charge is 0.494 e. The van der Waals surface area contributed by atoms with E-state index in [9.17, 15) is 9.59 Å². The molecule has 0 atom stereocenters. The molecule has 4 nitrogen and oxygen atoms in total. The molecule has 0 aliphatic carbocycles. The van der Waals surface area contributed by atoms with Gasteiger partial charge in [0.1, 0.15) is 5.75 Å². The number of fused-ring (bicyclic) bond motifs is 1. The Bertz CT molecular complexity index is 759. The summed E-state index contributed by atoms with van der Waals surface area (Å²) in [6.45, 7) is 0.932. The van der Waals surface area contributed by atoms with Crippen LogP contribution in [0.4, 0.5) is 5.69 Å². The lowest BCUT2D eigenvalue weighted by molar-refractivity contribution is -0.114. The van der Waals surface area contributed by atoms with Gasteiger partial charge in [-0.05, 0) is 48.9 Å². The van der Waals surface area contributed by atoms with Crippen molar-refractivity contribution in [2.75, 3.05) is 18.1 Å². The lowest BCUT2D eigenvalue weighted by Crippen LogP contribution is -2.31. The molecule has 0 bridgehead atoms. The summed E-state index contributed by atoms with van der Waals surface area (Å²) >= 11 is 6.69. The van der Waals surface area contributed by atoms with Crippen molar-refractivity contribution in [2.45, 2.75) is 6.42 Å². The smallest absolute Gasteiger partial charge is 0.299 e. The molecule has 2 aromatic rings. The zero-order valence-electron chi connectivity index (χ0n) is 12.1. The number of ketones is 1. The van der Waals surface area contributed by atoms with E-state index in [-0.39, 0.29) is 0 Å². The highest BCUT2D eigenvalue weighted by molar-refractivity contribution is 9.10. The number of carbonyl (C=O) groups is 2. The molecule has 0 radical (unpaired) electrons. The molecular weight excluding hydrogens is 426 g/mol. The van der Waals surface area contributed by atoms with Crippen LogP contribution >= 0.6 is 31.9 Å². The zero-order valence-corrected chi connectivity index (χ0v) is 15.3. The zero-order chi connectivity index (χ0) is 16.4. The highest BCUT2D eigenvalue weighted by atomic mass is 79.9. The number of nitrogens with zero attached hydrogens (tertiary/aromatic N) is 1. The molecule has 23 heavy (non-hydrogen) atoms. The van der Waals surface area contributed by atoms with Gasteiger partial charge in [0.2, 0.25) is 0 Å². The second-order valence-corrected chi connectivity index (χ2v) is 6.93. The Hall–Kier alpha value is -1.66. The normalized spacial score (nSPS) is 13.4. The molecule has 0 saturated heterocycles. The first kappa shape index (κ1) is 16.2.